The number of fused-ring (bicyclic) bond motifs is 22. The Hall–Kier alpha value is -4.80. The van der Waals surface area contributed by atoms with Crippen LogP contribution in [0.15, 0.2) is 57.5 Å². The summed E-state index contributed by atoms with van der Waals surface area (Å²) in [7, 11) is 0. The predicted octanol–water partition coefficient (Wildman–Crippen LogP) is 25.0. The van der Waals surface area contributed by atoms with Crippen molar-refractivity contribution in [3.8, 4) is 45.3 Å². The second kappa shape index (κ2) is 38.1. The lowest BCUT2D eigenvalue weighted by molar-refractivity contribution is 0.288. The third-order valence-electron chi connectivity index (χ3n) is 18.6. The lowest BCUT2D eigenvalue weighted by Crippen LogP contribution is -2.05. The van der Waals surface area contributed by atoms with Crippen molar-refractivity contribution in [1.29, 1.82) is 0 Å². The fraction of sp³-hybridized carbons (Fsp3) is 0.590. The second-order valence-corrected chi connectivity index (χ2v) is 27.5. The van der Waals surface area contributed by atoms with Gasteiger partial charge in [-0.1, -0.05) is 219 Å². The van der Waals surface area contributed by atoms with Crippen molar-refractivity contribution in [3.63, 3.8) is 0 Å². The standard InChI is InChI=1S/C78H108Br2N4O4/c1-3-5-7-9-11-13-15-17-23-29-35-41-59-55-69-75-70(56-59)86-52-38-32-26-20-22-28-34-40-54-88-72-58-60(42-36-30-24-18-16-14-12-10-8-6-4-2)57-71(87-53-39-33-27-21-19-25-31-37-51-85-69)76(72)74-63-45-49-67(83-63)77(79)65-47-43-61(81-65)73(75)62-44-48-66(82-62)78(80)68-50-46-64(74)84-68/h43-50,55-58,81,84H,3-42,51-54H2,1-2H3. The van der Waals surface area contributed by atoms with E-state index in [0.717, 1.165) is 176 Å². The number of nitrogens with one attached hydrogen (secondary N) is 2. The van der Waals surface area contributed by atoms with Crippen molar-refractivity contribution >= 4 is 78.2 Å². The van der Waals surface area contributed by atoms with Crippen molar-refractivity contribution in [1.82, 2.24) is 19.9 Å². The van der Waals surface area contributed by atoms with Crippen molar-refractivity contribution < 1.29 is 18.9 Å². The fourth-order valence-electron chi connectivity index (χ4n) is 13.4. The highest BCUT2D eigenvalue weighted by Crippen LogP contribution is 2.47. The normalized spacial score (nSPS) is 15.5. The molecule has 0 atom stereocenters. The van der Waals surface area contributed by atoms with Crippen LogP contribution in [0.1, 0.15) is 292 Å². The van der Waals surface area contributed by atoms with Gasteiger partial charge in [0.1, 0.15) is 23.0 Å². The van der Waals surface area contributed by atoms with Gasteiger partial charge in [0.05, 0.1) is 80.3 Å². The third-order valence-corrected chi connectivity index (χ3v) is 20.3. The monoisotopic (exact) mass is 1320 g/mol. The van der Waals surface area contributed by atoms with Gasteiger partial charge in [-0.25, -0.2) is 9.97 Å². The first-order valence-electron chi connectivity index (χ1n) is 35.8. The Morgan fingerprint density at radius 1 is 0.318 bits per heavy atom. The number of halogens is 2. The van der Waals surface area contributed by atoms with Crippen LogP contribution in [0, 0.1) is 0 Å². The molecule has 0 fully saturated rings. The summed E-state index contributed by atoms with van der Waals surface area (Å²) in [6.45, 7) is 7.17. The SMILES string of the molecule is CCCCCCCCCCCCCc1cc2c3c(c1)OCCCCCCCCCCOc1cc(CCCCCCCCCCCCC)cc(c1-c1c4nc(c(Br)c5ccc([nH]5)c-3c3nc(c(Br)c5ccc1[nH]5)C=C3)C=C4)OCCCCCCCCCCO2. The van der Waals surface area contributed by atoms with E-state index in [4.69, 9.17) is 28.9 Å². The van der Waals surface area contributed by atoms with Crippen molar-refractivity contribution in [2.24, 2.45) is 0 Å². The van der Waals surface area contributed by atoms with Crippen LogP contribution in [0.5, 0.6) is 23.0 Å². The zero-order valence-electron chi connectivity index (χ0n) is 54.3. The molecule has 8 nitrogen and oxygen atoms in total. The quantitative estimate of drug-likeness (QED) is 0.0586. The summed E-state index contributed by atoms with van der Waals surface area (Å²) in [6.07, 6.45) is 58.0. The molecule has 12 bridgehead atoms. The number of hydrogen-bond acceptors (Lipinski definition) is 6. The highest BCUT2D eigenvalue weighted by atomic mass is 79.9. The van der Waals surface area contributed by atoms with Crippen molar-refractivity contribution in [2.75, 3.05) is 26.4 Å². The molecule has 2 N–H and O–H groups in total. The number of nitrogens with zero attached hydrogens (tertiary/aromatic N) is 2. The maximum Gasteiger partial charge on any atom is 0.131 e. The second-order valence-electron chi connectivity index (χ2n) is 25.9. The van der Waals surface area contributed by atoms with Crippen LogP contribution in [0.25, 0.3) is 68.6 Å². The molecular formula is C78H108Br2N4O4. The Bertz CT molecular complexity index is 2870. The van der Waals surface area contributed by atoms with E-state index in [9.17, 15) is 0 Å². The maximum atomic E-state index is 7.16. The molecule has 0 spiro atoms. The number of ether oxygens (including phenoxy) is 4. The molecule has 0 unspecified atom stereocenters. The maximum absolute atomic E-state index is 7.16. The third kappa shape index (κ3) is 20.6. The number of aryl methyl sites for hydroxylation is 2. The molecule has 11 rings (SSSR count). The van der Waals surface area contributed by atoms with Gasteiger partial charge in [0.25, 0.3) is 0 Å². The number of rotatable bonds is 24. The molecule has 0 saturated heterocycles. The van der Waals surface area contributed by atoms with Gasteiger partial charge in [-0.15, -0.1) is 0 Å². The van der Waals surface area contributed by atoms with Gasteiger partial charge >= 0.3 is 0 Å². The largest absolute Gasteiger partial charge is 0.493 e. The number of hydrogen-bond donors (Lipinski definition) is 2. The first-order chi connectivity index (χ1) is 43.5. The molecule has 10 heteroatoms. The molecule has 478 valence electrons. The van der Waals surface area contributed by atoms with Gasteiger partial charge in [0.2, 0.25) is 0 Å². The molecule has 5 aromatic rings. The van der Waals surface area contributed by atoms with Crippen LogP contribution in [-0.2, 0) is 12.8 Å². The minimum atomic E-state index is 0.641. The summed E-state index contributed by atoms with van der Waals surface area (Å²) < 4.78 is 30.4. The summed E-state index contributed by atoms with van der Waals surface area (Å²) in [4.78, 5) is 18.9. The molecule has 3 aromatic heterocycles. The Kier molecular flexibility index (Phi) is 29.3. The molecular weight excluding hydrogens is 1220 g/mol. The van der Waals surface area contributed by atoms with E-state index in [1.807, 2.05) is 0 Å². The van der Waals surface area contributed by atoms with Gasteiger partial charge < -0.3 is 28.9 Å². The summed E-state index contributed by atoms with van der Waals surface area (Å²) >= 11 is 8.26. The van der Waals surface area contributed by atoms with Crippen molar-refractivity contribution in [2.45, 2.75) is 271 Å². The van der Waals surface area contributed by atoms with E-state index in [1.54, 1.807) is 0 Å². The van der Waals surface area contributed by atoms with E-state index < -0.39 is 0 Å². The minimum absolute atomic E-state index is 0.641. The topological polar surface area (TPSA) is 94.3 Å². The molecule has 0 radical (unpaired) electrons. The number of aromatic nitrogens is 4. The first kappa shape index (κ1) is 67.6. The van der Waals surface area contributed by atoms with Gasteiger partial charge in [-0.3, -0.25) is 0 Å². The lowest BCUT2D eigenvalue weighted by atomic mass is 9.96. The van der Waals surface area contributed by atoms with Gasteiger partial charge in [0, 0.05) is 22.2 Å². The summed E-state index contributed by atoms with van der Waals surface area (Å²) in [5, 5.41) is 0. The average molecular weight is 1330 g/mol. The number of aromatic amines is 2. The summed E-state index contributed by atoms with van der Waals surface area (Å²) in [5.41, 5.74) is 13.4. The average Bonchev–Trinajstić information content (AvgIpc) is 2.23. The van der Waals surface area contributed by atoms with Crippen LogP contribution in [0.3, 0.4) is 0 Å². The molecule has 9 heterocycles. The highest BCUT2D eigenvalue weighted by Gasteiger charge is 2.26. The van der Waals surface area contributed by atoms with Crippen molar-refractivity contribution in [3.05, 3.63) is 91.4 Å². The molecule has 6 aliphatic heterocycles. The van der Waals surface area contributed by atoms with E-state index in [1.165, 1.54) is 191 Å². The fourth-order valence-corrected chi connectivity index (χ4v) is 14.3. The Balaban J connectivity index is 1.16. The van der Waals surface area contributed by atoms with E-state index >= 15 is 0 Å². The highest BCUT2D eigenvalue weighted by molar-refractivity contribution is 9.11. The van der Waals surface area contributed by atoms with Gasteiger partial charge in [-0.05, 0) is 167 Å². The summed E-state index contributed by atoms with van der Waals surface area (Å²) in [6, 6.07) is 18.1. The zero-order chi connectivity index (χ0) is 60.8. The molecule has 0 saturated carbocycles. The molecule has 6 aliphatic rings. The molecule has 0 aliphatic carbocycles. The summed E-state index contributed by atoms with van der Waals surface area (Å²) in [5.74, 6) is 3.50. The van der Waals surface area contributed by atoms with Crippen LogP contribution in [0.2, 0.25) is 0 Å². The number of H-pyrrole nitrogens is 2. The smallest absolute Gasteiger partial charge is 0.131 e. The van der Waals surface area contributed by atoms with Crippen LogP contribution in [0.4, 0.5) is 0 Å². The first-order valence-corrected chi connectivity index (χ1v) is 37.4. The Labute approximate surface area is 547 Å². The Morgan fingerprint density at radius 3 is 0.886 bits per heavy atom. The molecule has 88 heavy (non-hydrogen) atoms. The zero-order valence-corrected chi connectivity index (χ0v) is 57.5. The van der Waals surface area contributed by atoms with Gasteiger partial charge in [0.15, 0.2) is 0 Å². The van der Waals surface area contributed by atoms with Crippen LogP contribution < -0.4 is 18.9 Å². The predicted molar refractivity (Wildman–Crippen MR) is 381 cm³/mol. The lowest BCUT2D eigenvalue weighted by Gasteiger charge is -2.20. The molecule has 0 amide bonds. The Morgan fingerprint density at radius 2 is 0.580 bits per heavy atom. The van der Waals surface area contributed by atoms with E-state index in [-0.39, 0.29) is 0 Å². The van der Waals surface area contributed by atoms with Crippen LogP contribution >= 0.6 is 31.9 Å². The number of benzene rings is 2. The van der Waals surface area contributed by atoms with Gasteiger partial charge in [-0.2, -0.15) is 0 Å². The van der Waals surface area contributed by atoms with E-state index in [0.29, 0.717) is 26.4 Å². The van der Waals surface area contributed by atoms with E-state index in [2.05, 4.69) is 129 Å². The minimum Gasteiger partial charge on any atom is -0.493 e. The molecule has 2 aromatic carbocycles. The van der Waals surface area contributed by atoms with Crippen LogP contribution in [-0.4, -0.2) is 46.4 Å². The number of unbranched alkanes of at least 4 members (excludes halogenated alkanes) is 20.